The van der Waals surface area contributed by atoms with Crippen molar-refractivity contribution in [2.75, 3.05) is 0 Å². The molecule has 0 unspecified atom stereocenters. The summed E-state index contributed by atoms with van der Waals surface area (Å²) in [6.07, 6.45) is 0.387. The largest absolute Gasteiger partial charge is 0.300 e. The summed E-state index contributed by atoms with van der Waals surface area (Å²) in [4.78, 5) is 40.7. The molecule has 4 nitrogen and oxygen atoms in total. The summed E-state index contributed by atoms with van der Waals surface area (Å²) in [5.41, 5.74) is 3.45. The van der Waals surface area contributed by atoms with E-state index >= 15 is 0 Å². The molecule has 3 aromatic rings. The zero-order chi connectivity index (χ0) is 22.8. The van der Waals surface area contributed by atoms with E-state index in [0.717, 1.165) is 22.3 Å². The van der Waals surface area contributed by atoms with Crippen LogP contribution in [0.1, 0.15) is 41.0 Å². The smallest absolute Gasteiger partial charge is 0.234 e. The number of carbonyl (C=O) groups is 3. The highest BCUT2D eigenvalue weighted by molar-refractivity contribution is 6.08. The third kappa shape index (κ3) is 4.10. The maximum Gasteiger partial charge on any atom is 0.234 e. The monoisotopic (exact) mass is 433 g/mol. The van der Waals surface area contributed by atoms with E-state index in [9.17, 15) is 14.4 Å². The lowest BCUT2D eigenvalue weighted by Gasteiger charge is -2.30. The van der Waals surface area contributed by atoms with Gasteiger partial charge in [0.15, 0.2) is 0 Å². The second kappa shape index (κ2) is 8.88. The van der Waals surface area contributed by atoms with Gasteiger partial charge in [0.05, 0.1) is 18.4 Å². The number of carbonyl (C=O) groups excluding carboxylic acids is 3. The Morgan fingerprint density at radius 1 is 0.697 bits per heavy atom. The van der Waals surface area contributed by atoms with E-state index in [1.54, 1.807) is 0 Å². The molecule has 3 atom stereocenters. The number of benzene rings is 3. The summed E-state index contributed by atoms with van der Waals surface area (Å²) in [5, 5.41) is 0. The third-order valence-corrected chi connectivity index (χ3v) is 6.56. The number of fused-ring (bicyclic) bond motifs is 1. The second-order valence-corrected chi connectivity index (χ2v) is 8.64. The summed E-state index contributed by atoms with van der Waals surface area (Å²) in [6, 6.07) is 26.8. The van der Waals surface area contributed by atoms with E-state index in [0.29, 0.717) is 0 Å². The summed E-state index contributed by atoms with van der Waals surface area (Å²) in [6.45, 7) is 0.238. The van der Waals surface area contributed by atoms with E-state index in [-0.39, 0.29) is 42.9 Å². The SMILES string of the molecule is O=C1C[C@H](c2ccccc2C#Cc2ccccc2)[C@@H]2C(=O)N(Cc3ccccc3)C(=O)[C@@H]2C1. The number of nitrogens with zero attached hydrogens (tertiary/aromatic N) is 1. The highest BCUT2D eigenvalue weighted by atomic mass is 16.2. The molecule has 0 spiro atoms. The zero-order valence-corrected chi connectivity index (χ0v) is 18.1. The zero-order valence-electron chi connectivity index (χ0n) is 18.1. The minimum absolute atomic E-state index is 0.0229. The van der Waals surface area contributed by atoms with E-state index < -0.39 is 11.8 Å². The standard InChI is InChI=1S/C29H23NO3/c31-23-17-25(24-14-8-7-13-22(24)16-15-20-9-3-1-4-10-20)27-26(18-23)28(32)30(29(27)33)19-21-11-5-2-6-12-21/h1-14,25-27H,17-19H2/t25-,26-,27+/m1/s1. The molecule has 2 aliphatic rings. The number of rotatable bonds is 3. The van der Waals surface area contributed by atoms with Gasteiger partial charge in [-0.15, -0.1) is 0 Å². The molecule has 1 aliphatic heterocycles. The molecule has 33 heavy (non-hydrogen) atoms. The van der Waals surface area contributed by atoms with Gasteiger partial charge in [0, 0.05) is 29.9 Å². The van der Waals surface area contributed by atoms with Gasteiger partial charge in [-0.05, 0) is 29.3 Å². The highest BCUT2D eigenvalue weighted by Crippen LogP contribution is 2.46. The predicted octanol–water partition coefficient (Wildman–Crippen LogP) is 4.33. The molecule has 162 valence electrons. The number of likely N-dealkylation sites (tertiary alicyclic amines) is 1. The summed E-state index contributed by atoms with van der Waals surface area (Å²) in [5.74, 6) is 4.53. The summed E-state index contributed by atoms with van der Waals surface area (Å²) in [7, 11) is 0. The lowest BCUT2D eigenvalue weighted by atomic mass is 9.69. The Kier molecular flexibility index (Phi) is 5.62. The third-order valence-electron chi connectivity index (χ3n) is 6.56. The van der Waals surface area contributed by atoms with Crippen LogP contribution in [0.3, 0.4) is 0 Å². The lowest BCUT2D eigenvalue weighted by Crippen LogP contribution is -2.34. The molecular formula is C29H23NO3. The topological polar surface area (TPSA) is 54.5 Å². The van der Waals surface area contributed by atoms with Crippen molar-refractivity contribution in [2.24, 2.45) is 11.8 Å². The van der Waals surface area contributed by atoms with Crippen molar-refractivity contribution >= 4 is 17.6 Å². The van der Waals surface area contributed by atoms with Crippen LogP contribution < -0.4 is 0 Å². The van der Waals surface area contributed by atoms with Gasteiger partial charge in [0.25, 0.3) is 0 Å². The van der Waals surface area contributed by atoms with Gasteiger partial charge in [-0.2, -0.15) is 0 Å². The molecule has 5 rings (SSSR count). The first-order valence-electron chi connectivity index (χ1n) is 11.2. The normalized spacial score (nSPS) is 22.0. The molecule has 0 radical (unpaired) electrons. The van der Waals surface area contributed by atoms with Crippen molar-refractivity contribution in [3.05, 3.63) is 107 Å². The minimum Gasteiger partial charge on any atom is -0.300 e. The van der Waals surface area contributed by atoms with Crippen molar-refractivity contribution in [3.63, 3.8) is 0 Å². The van der Waals surface area contributed by atoms with Crippen molar-refractivity contribution in [3.8, 4) is 11.8 Å². The van der Waals surface area contributed by atoms with Crippen LogP contribution >= 0.6 is 0 Å². The van der Waals surface area contributed by atoms with Crippen LogP contribution in [0, 0.1) is 23.7 Å². The number of amides is 2. The Bertz CT molecular complexity index is 1270. The molecule has 1 heterocycles. The molecule has 1 aliphatic carbocycles. The average molecular weight is 434 g/mol. The molecule has 0 aromatic heterocycles. The highest BCUT2D eigenvalue weighted by Gasteiger charge is 2.54. The quantitative estimate of drug-likeness (QED) is 0.456. The van der Waals surface area contributed by atoms with Crippen LogP contribution in [0.5, 0.6) is 0 Å². The number of hydrogen-bond donors (Lipinski definition) is 0. The van der Waals surface area contributed by atoms with Gasteiger partial charge in [-0.1, -0.05) is 78.6 Å². The van der Waals surface area contributed by atoms with Crippen LogP contribution in [-0.4, -0.2) is 22.5 Å². The van der Waals surface area contributed by atoms with Gasteiger partial charge in [0.2, 0.25) is 11.8 Å². The lowest BCUT2D eigenvalue weighted by molar-refractivity contribution is -0.141. The number of hydrogen-bond acceptors (Lipinski definition) is 3. The minimum atomic E-state index is -0.595. The van der Waals surface area contributed by atoms with Gasteiger partial charge >= 0.3 is 0 Å². The molecule has 0 bridgehead atoms. The Morgan fingerprint density at radius 3 is 2.09 bits per heavy atom. The van der Waals surface area contributed by atoms with E-state index in [2.05, 4.69) is 11.8 Å². The van der Waals surface area contributed by atoms with E-state index in [1.807, 2.05) is 84.9 Å². The molecular weight excluding hydrogens is 410 g/mol. The van der Waals surface area contributed by atoms with Crippen molar-refractivity contribution in [1.82, 2.24) is 4.90 Å². The van der Waals surface area contributed by atoms with Gasteiger partial charge in [-0.3, -0.25) is 19.3 Å². The van der Waals surface area contributed by atoms with Gasteiger partial charge in [-0.25, -0.2) is 0 Å². The first-order chi connectivity index (χ1) is 16.1. The van der Waals surface area contributed by atoms with Crippen molar-refractivity contribution in [1.29, 1.82) is 0 Å². The molecule has 4 heteroatoms. The fourth-order valence-corrected chi connectivity index (χ4v) is 5.00. The molecule has 0 N–H and O–H groups in total. The van der Waals surface area contributed by atoms with Crippen LogP contribution in [0.15, 0.2) is 84.9 Å². The molecule has 3 aromatic carbocycles. The molecule has 1 saturated heterocycles. The van der Waals surface area contributed by atoms with Crippen LogP contribution in [0.4, 0.5) is 0 Å². The first-order valence-corrected chi connectivity index (χ1v) is 11.2. The number of ketones is 1. The maximum atomic E-state index is 13.5. The summed E-state index contributed by atoms with van der Waals surface area (Å²) < 4.78 is 0. The van der Waals surface area contributed by atoms with E-state index in [1.165, 1.54) is 4.90 Å². The molecule has 2 amide bonds. The summed E-state index contributed by atoms with van der Waals surface area (Å²) >= 11 is 0. The Labute approximate surface area is 193 Å². The fraction of sp³-hybridized carbons (Fsp3) is 0.207. The van der Waals surface area contributed by atoms with Gasteiger partial charge < -0.3 is 0 Å². The van der Waals surface area contributed by atoms with Crippen molar-refractivity contribution < 1.29 is 14.4 Å². The van der Waals surface area contributed by atoms with E-state index in [4.69, 9.17) is 0 Å². The molecule has 1 saturated carbocycles. The first kappa shape index (κ1) is 20.9. The van der Waals surface area contributed by atoms with Crippen molar-refractivity contribution in [2.45, 2.75) is 25.3 Å². The Hall–Kier alpha value is -3.97. The Balaban J connectivity index is 1.49. The van der Waals surface area contributed by atoms with Crippen LogP contribution in [0.25, 0.3) is 0 Å². The predicted molar refractivity (Wildman–Crippen MR) is 125 cm³/mol. The number of Topliss-reactive ketones (excluding diaryl/α,β-unsaturated/α-hetero) is 1. The average Bonchev–Trinajstić information content (AvgIpc) is 3.08. The Morgan fingerprint density at radius 2 is 1.33 bits per heavy atom. The fourth-order valence-electron chi connectivity index (χ4n) is 5.00. The van der Waals surface area contributed by atoms with Crippen LogP contribution in [0.2, 0.25) is 0 Å². The van der Waals surface area contributed by atoms with Crippen LogP contribution in [-0.2, 0) is 20.9 Å². The number of imide groups is 1. The van der Waals surface area contributed by atoms with Gasteiger partial charge in [0.1, 0.15) is 5.78 Å². The second-order valence-electron chi connectivity index (χ2n) is 8.64. The molecule has 2 fully saturated rings. The maximum absolute atomic E-state index is 13.5.